The number of aryl methyl sites for hydroxylation is 1. The molecule has 5 heteroatoms. The molecule has 1 fully saturated rings. The maximum atomic E-state index is 12.9. The van der Waals surface area contributed by atoms with Crippen LogP contribution in [0.5, 0.6) is 0 Å². The smallest absolute Gasteiger partial charge is 0.252 e. The molecule has 1 saturated heterocycles. The largest absolute Gasteiger partial charge is 0.380 e. The first kappa shape index (κ1) is 18.7. The predicted molar refractivity (Wildman–Crippen MR) is 117 cm³/mol. The third kappa shape index (κ3) is 4.11. The fourth-order valence-corrected chi connectivity index (χ4v) is 4.07. The molecule has 0 unspecified atom stereocenters. The Balaban J connectivity index is 1.48. The van der Waals surface area contributed by atoms with Gasteiger partial charge in [0.15, 0.2) is 0 Å². The number of thiophene rings is 1. The van der Waals surface area contributed by atoms with Crippen LogP contribution in [0.15, 0.2) is 60.0 Å². The highest BCUT2D eigenvalue weighted by atomic mass is 32.1. The second-order valence-electron chi connectivity index (χ2n) is 7.33. The quantitative estimate of drug-likeness (QED) is 0.576. The third-order valence-corrected chi connectivity index (χ3v) is 6.09. The third-order valence-electron chi connectivity index (χ3n) is 5.17. The molecule has 28 heavy (non-hydrogen) atoms. The second kappa shape index (κ2) is 8.17. The van der Waals surface area contributed by atoms with Crippen molar-refractivity contribution in [1.82, 2.24) is 10.6 Å². The fourth-order valence-electron chi connectivity index (χ4n) is 3.34. The molecule has 0 aliphatic carbocycles. The van der Waals surface area contributed by atoms with Gasteiger partial charge in [-0.1, -0.05) is 30.3 Å². The molecule has 2 heterocycles. The SMILES string of the molecule is Cc1ccc(NC2CNC2)cc1C(=O)N[C@H](C)c1cccc(-c2cccs2)c1. The molecule has 3 N–H and O–H groups in total. The van der Waals surface area contributed by atoms with Gasteiger partial charge in [0.1, 0.15) is 0 Å². The summed E-state index contributed by atoms with van der Waals surface area (Å²) in [5.41, 5.74) is 4.99. The van der Waals surface area contributed by atoms with E-state index < -0.39 is 0 Å². The van der Waals surface area contributed by atoms with Crippen molar-refractivity contribution in [3.8, 4) is 10.4 Å². The number of rotatable bonds is 6. The highest BCUT2D eigenvalue weighted by molar-refractivity contribution is 7.13. The molecule has 1 aromatic heterocycles. The number of carbonyl (C=O) groups excluding carboxylic acids is 1. The molecule has 144 valence electrons. The van der Waals surface area contributed by atoms with Crippen LogP contribution in [0, 0.1) is 6.92 Å². The Morgan fingerprint density at radius 2 is 2.00 bits per heavy atom. The van der Waals surface area contributed by atoms with E-state index in [0.717, 1.165) is 35.5 Å². The van der Waals surface area contributed by atoms with Gasteiger partial charge in [0.2, 0.25) is 0 Å². The van der Waals surface area contributed by atoms with Gasteiger partial charge in [0.05, 0.1) is 12.1 Å². The summed E-state index contributed by atoms with van der Waals surface area (Å²) in [4.78, 5) is 14.2. The van der Waals surface area contributed by atoms with E-state index in [-0.39, 0.29) is 11.9 Å². The van der Waals surface area contributed by atoms with Gasteiger partial charge in [-0.05, 0) is 60.2 Å². The Morgan fingerprint density at radius 3 is 2.71 bits per heavy atom. The Kier molecular flexibility index (Phi) is 5.46. The molecule has 1 aliphatic rings. The summed E-state index contributed by atoms with van der Waals surface area (Å²) in [6, 6.07) is 18.9. The highest BCUT2D eigenvalue weighted by Gasteiger charge is 2.18. The van der Waals surface area contributed by atoms with Crippen molar-refractivity contribution in [3.05, 3.63) is 76.7 Å². The van der Waals surface area contributed by atoms with Gasteiger partial charge < -0.3 is 16.0 Å². The summed E-state index contributed by atoms with van der Waals surface area (Å²) in [6.45, 7) is 5.94. The van der Waals surface area contributed by atoms with Crippen molar-refractivity contribution in [2.45, 2.75) is 25.9 Å². The summed E-state index contributed by atoms with van der Waals surface area (Å²) in [5.74, 6) is -0.0399. The number of hydrogen-bond donors (Lipinski definition) is 3. The van der Waals surface area contributed by atoms with Crippen molar-refractivity contribution in [3.63, 3.8) is 0 Å². The van der Waals surface area contributed by atoms with Crippen LogP contribution < -0.4 is 16.0 Å². The number of amides is 1. The Labute approximate surface area is 170 Å². The van der Waals surface area contributed by atoms with E-state index in [2.05, 4.69) is 57.7 Å². The number of nitrogens with one attached hydrogen (secondary N) is 3. The summed E-state index contributed by atoms with van der Waals surface area (Å²) in [6.07, 6.45) is 0. The lowest BCUT2D eigenvalue weighted by molar-refractivity contribution is 0.0939. The average Bonchev–Trinajstić information content (AvgIpc) is 3.20. The number of benzene rings is 2. The second-order valence-corrected chi connectivity index (χ2v) is 8.27. The fraction of sp³-hybridized carbons (Fsp3) is 0.261. The van der Waals surface area contributed by atoms with Gasteiger partial charge in [-0.2, -0.15) is 0 Å². The van der Waals surface area contributed by atoms with E-state index in [9.17, 15) is 4.79 Å². The molecule has 1 atom stereocenters. The lowest BCUT2D eigenvalue weighted by Gasteiger charge is -2.29. The molecule has 3 aromatic rings. The van der Waals surface area contributed by atoms with Crippen molar-refractivity contribution in [1.29, 1.82) is 0 Å². The molecule has 1 amide bonds. The number of carbonyl (C=O) groups is 1. The minimum atomic E-state index is -0.0701. The molecule has 4 nitrogen and oxygen atoms in total. The van der Waals surface area contributed by atoms with Crippen molar-refractivity contribution >= 4 is 22.9 Å². The summed E-state index contributed by atoms with van der Waals surface area (Å²) in [5, 5.41) is 12.0. The normalized spacial score (nSPS) is 14.9. The van der Waals surface area contributed by atoms with Gasteiger partial charge in [-0.25, -0.2) is 0 Å². The highest BCUT2D eigenvalue weighted by Crippen LogP contribution is 2.27. The molecule has 2 aromatic carbocycles. The zero-order valence-corrected chi connectivity index (χ0v) is 17.0. The lowest BCUT2D eigenvalue weighted by Crippen LogP contribution is -2.51. The van der Waals surface area contributed by atoms with E-state index in [1.165, 1.54) is 10.4 Å². The van der Waals surface area contributed by atoms with Crippen molar-refractivity contribution < 1.29 is 4.79 Å². The van der Waals surface area contributed by atoms with Gasteiger partial charge in [-0.3, -0.25) is 4.79 Å². The van der Waals surface area contributed by atoms with E-state index in [0.29, 0.717) is 6.04 Å². The lowest BCUT2D eigenvalue weighted by atomic mass is 10.0. The molecule has 0 spiro atoms. The van der Waals surface area contributed by atoms with Crippen LogP contribution in [0.4, 0.5) is 5.69 Å². The first-order valence-electron chi connectivity index (χ1n) is 9.63. The van der Waals surface area contributed by atoms with Gasteiger partial charge >= 0.3 is 0 Å². The van der Waals surface area contributed by atoms with E-state index in [4.69, 9.17) is 0 Å². The minimum absolute atomic E-state index is 0.0399. The van der Waals surface area contributed by atoms with Gasteiger partial charge in [-0.15, -0.1) is 11.3 Å². The van der Waals surface area contributed by atoms with Crippen LogP contribution in [0.1, 0.15) is 34.5 Å². The topological polar surface area (TPSA) is 53.2 Å². The molecule has 0 radical (unpaired) electrons. The van der Waals surface area contributed by atoms with E-state index in [1.807, 2.05) is 32.0 Å². The first-order valence-corrected chi connectivity index (χ1v) is 10.5. The predicted octanol–water partition coefficient (Wildman–Crippen LogP) is 4.60. The summed E-state index contributed by atoms with van der Waals surface area (Å²) >= 11 is 1.72. The molecular weight excluding hydrogens is 366 g/mol. The maximum Gasteiger partial charge on any atom is 0.252 e. The number of anilines is 1. The molecule has 1 aliphatic heterocycles. The van der Waals surface area contributed by atoms with E-state index in [1.54, 1.807) is 11.3 Å². The van der Waals surface area contributed by atoms with Crippen molar-refractivity contribution in [2.24, 2.45) is 0 Å². The van der Waals surface area contributed by atoms with Crippen LogP contribution in [-0.2, 0) is 0 Å². The number of hydrogen-bond acceptors (Lipinski definition) is 4. The summed E-state index contributed by atoms with van der Waals surface area (Å²) < 4.78 is 0. The molecule has 0 bridgehead atoms. The zero-order valence-electron chi connectivity index (χ0n) is 16.2. The van der Waals surface area contributed by atoms with Crippen molar-refractivity contribution in [2.75, 3.05) is 18.4 Å². The van der Waals surface area contributed by atoms with Crippen LogP contribution in [0.3, 0.4) is 0 Å². The summed E-state index contributed by atoms with van der Waals surface area (Å²) in [7, 11) is 0. The molecular formula is C23H25N3OS. The van der Waals surface area contributed by atoms with Crippen LogP contribution >= 0.6 is 11.3 Å². The van der Waals surface area contributed by atoms with E-state index >= 15 is 0 Å². The van der Waals surface area contributed by atoms with Gasteiger partial charge in [0, 0.05) is 29.2 Å². The zero-order chi connectivity index (χ0) is 19.5. The monoisotopic (exact) mass is 391 g/mol. The minimum Gasteiger partial charge on any atom is -0.380 e. The average molecular weight is 392 g/mol. The van der Waals surface area contributed by atoms with Crippen LogP contribution in [-0.4, -0.2) is 25.0 Å². The molecule has 0 saturated carbocycles. The maximum absolute atomic E-state index is 12.9. The first-order chi connectivity index (χ1) is 13.6. The molecule has 4 rings (SSSR count). The van der Waals surface area contributed by atoms with Gasteiger partial charge in [0.25, 0.3) is 5.91 Å². The Hall–Kier alpha value is -2.63. The Bertz CT molecular complexity index is 964. The Morgan fingerprint density at radius 1 is 1.14 bits per heavy atom. The standard InChI is InChI=1S/C23H25N3OS/c1-15-8-9-19(26-20-13-24-14-20)12-21(15)23(27)25-16(2)17-5-3-6-18(11-17)22-7-4-10-28-22/h3-12,16,20,24,26H,13-14H2,1-2H3,(H,25,27)/t16-/m1/s1. The van der Waals surface area contributed by atoms with Crippen LogP contribution in [0.25, 0.3) is 10.4 Å². The van der Waals surface area contributed by atoms with Crippen LogP contribution in [0.2, 0.25) is 0 Å².